The number of nitrogens with one attached hydrogen (secondary N) is 2. The Morgan fingerprint density at radius 1 is 1.10 bits per heavy atom. The fourth-order valence-electron chi connectivity index (χ4n) is 4.04. The molecule has 1 aliphatic carbocycles. The SMILES string of the molecule is CC(C)(CO)n1cnc(Nc2ncc(-c3ccc(CC(=O)Nc4cc(C5(C(F)(F)F)CC5)on4)c(F)c3)cn2)c1. The van der Waals surface area contributed by atoms with Crippen molar-refractivity contribution in [3.05, 3.63) is 66.3 Å². The summed E-state index contributed by atoms with van der Waals surface area (Å²) in [6.45, 7) is 3.65. The second kappa shape index (κ2) is 10.0. The van der Waals surface area contributed by atoms with Crippen molar-refractivity contribution in [2.45, 2.75) is 50.2 Å². The Hall–Kier alpha value is -4.33. The number of benzene rings is 1. The highest BCUT2D eigenvalue weighted by molar-refractivity contribution is 5.91. The minimum absolute atomic E-state index is 0.0671. The quantitative estimate of drug-likeness (QED) is 0.251. The number of alkyl halides is 3. The molecule has 0 bridgehead atoms. The average Bonchev–Trinajstić information content (AvgIpc) is 3.38. The minimum atomic E-state index is -4.47. The van der Waals surface area contributed by atoms with Crippen LogP contribution in [0.3, 0.4) is 0 Å². The van der Waals surface area contributed by atoms with E-state index in [1.807, 2.05) is 13.8 Å². The van der Waals surface area contributed by atoms with Crippen LogP contribution in [0.25, 0.3) is 11.1 Å². The van der Waals surface area contributed by atoms with Crippen molar-refractivity contribution in [2.75, 3.05) is 17.2 Å². The summed E-state index contributed by atoms with van der Waals surface area (Å²) in [6.07, 6.45) is 1.26. The number of amides is 1. The number of rotatable bonds is 9. The zero-order chi connectivity index (χ0) is 28.7. The number of carbonyl (C=O) groups excluding carboxylic acids is 1. The molecule has 0 aliphatic heterocycles. The lowest BCUT2D eigenvalue weighted by atomic mass is 10.0. The topological polar surface area (TPSA) is 131 Å². The number of hydrogen-bond acceptors (Lipinski definition) is 8. The molecule has 0 saturated heterocycles. The molecule has 0 radical (unpaired) electrons. The molecule has 3 heterocycles. The number of halogens is 4. The summed E-state index contributed by atoms with van der Waals surface area (Å²) in [5, 5.41) is 18.3. The molecule has 14 heteroatoms. The van der Waals surface area contributed by atoms with Gasteiger partial charge in [-0.3, -0.25) is 4.79 Å². The van der Waals surface area contributed by atoms with Crippen molar-refractivity contribution < 1.29 is 32.0 Å². The molecular formula is C26H25F4N7O3. The van der Waals surface area contributed by atoms with Gasteiger partial charge in [-0.05, 0) is 43.9 Å². The Balaban J connectivity index is 1.20. The Kier molecular flexibility index (Phi) is 6.82. The number of carbonyl (C=O) groups is 1. The molecule has 1 amide bonds. The highest BCUT2D eigenvalue weighted by Gasteiger charge is 2.66. The van der Waals surface area contributed by atoms with Crippen LogP contribution in [-0.2, 0) is 22.2 Å². The highest BCUT2D eigenvalue weighted by atomic mass is 19.4. The van der Waals surface area contributed by atoms with E-state index in [-0.39, 0.29) is 49.0 Å². The van der Waals surface area contributed by atoms with E-state index >= 15 is 0 Å². The van der Waals surface area contributed by atoms with E-state index in [2.05, 4.69) is 30.7 Å². The first-order valence-electron chi connectivity index (χ1n) is 12.3. The van der Waals surface area contributed by atoms with Gasteiger partial charge < -0.3 is 24.8 Å². The van der Waals surface area contributed by atoms with Crippen LogP contribution in [-0.4, -0.2) is 48.5 Å². The van der Waals surface area contributed by atoms with Crippen LogP contribution >= 0.6 is 0 Å². The van der Waals surface area contributed by atoms with Crippen molar-refractivity contribution in [1.82, 2.24) is 24.7 Å². The van der Waals surface area contributed by atoms with Crippen LogP contribution in [0.2, 0.25) is 0 Å². The third-order valence-electron chi connectivity index (χ3n) is 6.84. The van der Waals surface area contributed by atoms with E-state index in [0.29, 0.717) is 16.9 Å². The maximum absolute atomic E-state index is 14.8. The molecule has 0 atom stereocenters. The summed E-state index contributed by atoms with van der Waals surface area (Å²) in [6, 6.07) is 5.33. The molecule has 40 heavy (non-hydrogen) atoms. The summed E-state index contributed by atoms with van der Waals surface area (Å²) < 4.78 is 61.2. The van der Waals surface area contributed by atoms with E-state index in [1.54, 1.807) is 23.2 Å². The lowest BCUT2D eigenvalue weighted by Gasteiger charge is -2.23. The molecule has 3 aromatic heterocycles. The molecule has 3 N–H and O–H groups in total. The van der Waals surface area contributed by atoms with Crippen LogP contribution < -0.4 is 10.6 Å². The highest BCUT2D eigenvalue weighted by Crippen LogP contribution is 2.59. The van der Waals surface area contributed by atoms with Crippen molar-refractivity contribution in [1.29, 1.82) is 0 Å². The molecule has 210 valence electrons. The van der Waals surface area contributed by atoms with Crippen LogP contribution in [0, 0.1) is 5.82 Å². The molecular weight excluding hydrogens is 534 g/mol. The number of aliphatic hydroxyl groups is 1. The predicted octanol–water partition coefficient (Wildman–Crippen LogP) is 4.71. The molecule has 5 rings (SSSR count). The number of aromatic nitrogens is 5. The standard InChI is InChI=1S/C26H25F4N7O3/c1-24(2,13-38)37-12-21(33-14-37)35-23-31-10-17(11-32-23)15-3-4-16(18(27)7-15)8-22(39)34-20-9-19(40-36-20)25(5-6-25)26(28,29)30/h3-4,7,9-12,14,38H,5-6,8,13H2,1-2H3,(H,31,32,35)(H,34,36,39). The second-order valence-electron chi connectivity index (χ2n) is 10.2. The predicted molar refractivity (Wildman–Crippen MR) is 135 cm³/mol. The molecule has 4 aromatic rings. The van der Waals surface area contributed by atoms with Gasteiger partial charge >= 0.3 is 6.18 Å². The second-order valence-corrected chi connectivity index (χ2v) is 10.2. The van der Waals surface area contributed by atoms with Crippen LogP contribution in [0.4, 0.5) is 35.1 Å². The summed E-state index contributed by atoms with van der Waals surface area (Å²) >= 11 is 0. The van der Waals surface area contributed by atoms with Gasteiger partial charge in [0.05, 0.1) is 24.9 Å². The van der Waals surface area contributed by atoms with Crippen molar-refractivity contribution in [3.63, 3.8) is 0 Å². The van der Waals surface area contributed by atoms with Gasteiger partial charge in [-0.15, -0.1) is 0 Å². The van der Waals surface area contributed by atoms with E-state index in [9.17, 15) is 27.5 Å². The average molecular weight is 560 g/mol. The molecule has 1 aromatic carbocycles. The molecule has 0 unspecified atom stereocenters. The maximum atomic E-state index is 14.8. The molecule has 0 spiro atoms. The first-order chi connectivity index (χ1) is 18.9. The van der Waals surface area contributed by atoms with Gasteiger partial charge in [0, 0.05) is 30.2 Å². The third kappa shape index (κ3) is 5.39. The molecule has 1 fully saturated rings. The number of hydrogen-bond donors (Lipinski definition) is 3. The van der Waals surface area contributed by atoms with Crippen molar-refractivity contribution in [2.24, 2.45) is 0 Å². The van der Waals surface area contributed by atoms with Gasteiger partial charge in [0.25, 0.3) is 0 Å². The first-order valence-corrected chi connectivity index (χ1v) is 12.3. The van der Waals surface area contributed by atoms with Gasteiger partial charge in [-0.1, -0.05) is 17.3 Å². The third-order valence-corrected chi connectivity index (χ3v) is 6.84. The van der Waals surface area contributed by atoms with E-state index < -0.39 is 28.9 Å². The van der Waals surface area contributed by atoms with Gasteiger partial charge in [0.2, 0.25) is 11.9 Å². The van der Waals surface area contributed by atoms with Gasteiger partial charge in [-0.25, -0.2) is 19.3 Å². The number of nitrogens with zero attached hydrogens (tertiary/aromatic N) is 5. The fraction of sp³-hybridized carbons (Fsp3) is 0.346. The molecule has 1 saturated carbocycles. The first kappa shape index (κ1) is 27.2. The van der Waals surface area contributed by atoms with Crippen molar-refractivity contribution in [3.8, 4) is 11.1 Å². The Labute approximate surface area is 225 Å². The number of anilines is 3. The Morgan fingerprint density at radius 3 is 2.45 bits per heavy atom. The van der Waals surface area contributed by atoms with Gasteiger partial charge in [0.1, 0.15) is 11.2 Å². The van der Waals surface area contributed by atoms with Crippen LogP contribution in [0.5, 0.6) is 0 Å². The minimum Gasteiger partial charge on any atom is -0.394 e. The van der Waals surface area contributed by atoms with Gasteiger partial charge in [0.15, 0.2) is 17.4 Å². The van der Waals surface area contributed by atoms with E-state index in [4.69, 9.17) is 4.52 Å². The lowest BCUT2D eigenvalue weighted by molar-refractivity contribution is -0.165. The number of imidazole rings is 1. The van der Waals surface area contributed by atoms with Crippen LogP contribution in [0.1, 0.15) is 38.0 Å². The molecule has 10 nitrogen and oxygen atoms in total. The van der Waals surface area contributed by atoms with Crippen molar-refractivity contribution >= 4 is 23.5 Å². The number of aliphatic hydroxyl groups excluding tert-OH is 1. The van der Waals surface area contributed by atoms with Crippen LogP contribution in [0.15, 0.2) is 53.7 Å². The lowest BCUT2D eigenvalue weighted by Crippen LogP contribution is -2.29. The normalized spacial score (nSPS) is 14.7. The maximum Gasteiger partial charge on any atom is 0.401 e. The molecule has 1 aliphatic rings. The summed E-state index contributed by atoms with van der Waals surface area (Å²) in [7, 11) is 0. The smallest absolute Gasteiger partial charge is 0.394 e. The summed E-state index contributed by atoms with van der Waals surface area (Å²) in [4.78, 5) is 25.1. The largest absolute Gasteiger partial charge is 0.401 e. The zero-order valence-corrected chi connectivity index (χ0v) is 21.5. The zero-order valence-electron chi connectivity index (χ0n) is 21.5. The Bertz CT molecular complexity index is 1530. The van der Waals surface area contributed by atoms with E-state index in [0.717, 1.165) is 6.07 Å². The van der Waals surface area contributed by atoms with Gasteiger partial charge in [-0.2, -0.15) is 13.2 Å². The Morgan fingerprint density at radius 2 is 1.82 bits per heavy atom. The summed E-state index contributed by atoms with van der Waals surface area (Å²) in [5.41, 5.74) is -1.49. The summed E-state index contributed by atoms with van der Waals surface area (Å²) in [5.74, 6) is -1.08. The fourth-order valence-corrected chi connectivity index (χ4v) is 4.04. The van der Waals surface area contributed by atoms with E-state index in [1.165, 1.54) is 24.5 Å². The monoisotopic (exact) mass is 559 g/mol.